The minimum atomic E-state index is -0.752. The molecular formula is C16H18FN3O2. The molecule has 1 aromatic carbocycles. The molecule has 0 atom stereocenters. The van der Waals surface area contributed by atoms with Gasteiger partial charge in [-0.2, -0.15) is 0 Å². The zero-order chi connectivity index (χ0) is 15.5. The smallest absolute Gasteiger partial charge is 0.303 e. The highest BCUT2D eigenvalue weighted by molar-refractivity contribution is 5.66. The molecule has 6 heteroatoms. The number of rotatable bonds is 5. The Hall–Kier alpha value is -2.21. The fraction of sp³-hybridized carbons (Fsp3) is 0.375. The van der Waals surface area contributed by atoms with E-state index in [4.69, 9.17) is 5.11 Å². The van der Waals surface area contributed by atoms with E-state index in [0.29, 0.717) is 6.42 Å². The largest absolute Gasteiger partial charge is 0.481 e. The highest BCUT2D eigenvalue weighted by Crippen LogP contribution is 2.21. The maximum atomic E-state index is 13.0. The number of aromatic nitrogens is 2. The molecule has 0 saturated heterocycles. The molecule has 0 fully saturated rings. The second-order valence-corrected chi connectivity index (χ2v) is 5.51. The number of fused-ring (bicyclic) bond motifs is 1. The second-order valence-electron chi connectivity index (χ2n) is 5.51. The van der Waals surface area contributed by atoms with Gasteiger partial charge in [0.1, 0.15) is 5.82 Å². The standard InChI is InChI=1S/C16H18FN3O2/c17-12-3-5-13(6-4-12)20-11-18-14-10-19(9-7-15(14)20)8-1-2-16(21)22/h3-6,11H,1-2,7-10H2,(H,21,22). The zero-order valence-corrected chi connectivity index (χ0v) is 12.2. The van der Waals surface area contributed by atoms with E-state index in [-0.39, 0.29) is 12.2 Å². The van der Waals surface area contributed by atoms with Crippen LogP contribution < -0.4 is 0 Å². The van der Waals surface area contributed by atoms with Gasteiger partial charge in [-0.05, 0) is 37.2 Å². The van der Waals surface area contributed by atoms with Crippen molar-refractivity contribution >= 4 is 5.97 Å². The van der Waals surface area contributed by atoms with Gasteiger partial charge in [-0.3, -0.25) is 9.69 Å². The third-order valence-corrected chi connectivity index (χ3v) is 3.96. The summed E-state index contributed by atoms with van der Waals surface area (Å²) in [5.41, 5.74) is 3.08. The molecule has 2 aromatic rings. The van der Waals surface area contributed by atoms with Crippen LogP contribution in [0.4, 0.5) is 4.39 Å². The van der Waals surface area contributed by atoms with E-state index in [0.717, 1.165) is 43.1 Å². The minimum Gasteiger partial charge on any atom is -0.481 e. The maximum Gasteiger partial charge on any atom is 0.303 e. The number of halogens is 1. The number of carboxylic acid groups (broad SMARTS) is 1. The number of carbonyl (C=O) groups is 1. The normalized spacial score (nSPS) is 14.8. The van der Waals surface area contributed by atoms with E-state index < -0.39 is 5.97 Å². The fourth-order valence-corrected chi connectivity index (χ4v) is 2.83. The van der Waals surface area contributed by atoms with Gasteiger partial charge >= 0.3 is 5.97 Å². The van der Waals surface area contributed by atoms with Crippen LogP contribution in [-0.2, 0) is 17.8 Å². The van der Waals surface area contributed by atoms with Crippen LogP contribution in [0, 0.1) is 5.82 Å². The first-order valence-electron chi connectivity index (χ1n) is 7.38. The van der Waals surface area contributed by atoms with Crippen LogP contribution in [0.2, 0.25) is 0 Å². The average molecular weight is 303 g/mol. The number of nitrogens with zero attached hydrogens (tertiary/aromatic N) is 3. The van der Waals surface area contributed by atoms with Crippen LogP contribution in [0.25, 0.3) is 5.69 Å². The lowest BCUT2D eigenvalue weighted by Crippen LogP contribution is -2.32. The fourth-order valence-electron chi connectivity index (χ4n) is 2.83. The summed E-state index contributed by atoms with van der Waals surface area (Å²) in [5, 5.41) is 8.69. The Balaban J connectivity index is 1.69. The molecule has 1 aliphatic rings. The Morgan fingerprint density at radius 3 is 2.82 bits per heavy atom. The van der Waals surface area contributed by atoms with Crippen molar-refractivity contribution in [3.05, 3.63) is 47.8 Å². The number of hydrogen-bond donors (Lipinski definition) is 1. The van der Waals surface area contributed by atoms with Crippen molar-refractivity contribution in [1.82, 2.24) is 14.5 Å². The van der Waals surface area contributed by atoms with Crippen LogP contribution in [0.1, 0.15) is 24.2 Å². The highest BCUT2D eigenvalue weighted by Gasteiger charge is 2.21. The predicted octanol–water partition coefficient (Wildman–Crippen LogP) is 2.23. The van der Waals surface area contributed by atoms with Crippen molar-refractivity contribution in [2.75, 3.05) is 13.1 Å². The molecule has 0 amide bonds. The van der Waals surface area contributed by atoms with E-state index in [2.05, 4.69) is 9.88 Å². The van der Waals surface area contributed by atoms with Crippen molar-refractivity contribution in [3.63, 3.8) is 0 Å². The summed E-state index contributed by atoms with van der Waals surface area (Å²) < 4.78 is 15.0. The van der Waals surface area contributed by atoms with Crippen molar-refractivity contribution in [1.29, 1.82) is 0 Å². The Morgan fingerprint density at radius 2 is 2.09 bits per heavy atom. The minimum absolute atomic E-state index is 0.202. The first kappa shape index (κ1) is 14.7. The Bertz CT molecular complexity index is 667. The highest BCUT2D eigenvalue weighted by atomic mass is 19.1. The first-order valence-corrected chi connectivity index (χ1v) is 7.38. The van der Waals surface area contributed by atoms with Crippen LogP contribution in [0.15, 0.2) is 30.6 Å². The van der Waals surface area contributed by atoms with E-state index in [1.807, 2.05) is 4.57 Å². The third kappa shape index (κ3) is 3.17. The van der Waals surface area contributed by atoms with Crippen LogP contribution in [-0.4, -0.2) is 38.6 Å². The van der Waals surface area contributed by atoms with Gasteiger partial charge in [-0.1, -0.05) is 0 Å². The molecule has 0 saturated carbocycles. The van der Waals surface area contributed by atoms with Crippen LogP contribution in [0.3, 0.4) is 0 Å². The van der Waals surface area contributed by atoms with Gasteiger partial charge in [0.2, 0.25) is 0 Å². The Kier molecular flexibility index (Phi) is 4.20. The van der Waals surface area contributed by atoms with Gasteiger partial charge in [-0.15, -0.1) is 0 Å². The molecule has 116 valence electrons. The Morgan fingerprint density at radius 1 is 1.32 bits per heavy atom. The molecule has 22 heavy (non-hydrogen) atoms. The van der Waals surface area contributed by atoms with E-state index in [1.54, 1.807) is 18.5 Å². The summed E-state index contributed by atoms with van der Waals surface area (Å²) in [5.74, 6) is -0.999. The molecule has 1 N–H and O–H groups in total. The van der Waals surface area contributed by atoms with Gasteiger partial charge in [-0.25, -0.2) is 9.37 Å². The lowest BCUT2D eigenvalue weighted by atomic mass is 10.1. The van der Waals surface area contributed by atoms with E-state index >= 15 is 0 Å². The van der Waals surface area contributed by atoms with Crippen molar-refractivity contribution < 1.29 is 14.3 Å². The molecule has 0 spiro atoms. The quantitative estimate of drug-likeness (QED) is 0.920. The molecule has 5 nitrogen and oxygen atoms in total. The molecule has 0 aliphatic carbocycles. The number of imidazole rings is 1. The molecule has 2 heterocycles. The zero-order valence-electron chi connectivity index (χ0n) is 12.2. The summed E-state index contributed by atoms with van der Waals surface area (Å²) in [6, 6.07) is 6.39. The van der Waals surface area contributed by atoms with Crippen LogP contribution in [0.5, 0.6) is 0 Å². The molecule has 1 aliphatic heterocycles. The predicted molar refractivity (Wildman–Crippen MR) is 79.4 cm³/mol. The van der Waals surface area contributed by atoms with Crippen molar-refractivity contribution in [3.8, 4) is 5.69 Å². The lowest BCUT2D eigenvalue weighted by molar-refractivity contribution is -0.137. The van der Waals surface area contributed by atoms with Gasteiger partial charge in [0.05, 0.1) is 12.0 Å². The van der Waals surface area contributed by atoms with E-state index in [9.17, 15) is 9.18 Å². The summed E-state index contributed by atoms with van der Waals surface area (Å²) in [6.45, 7) is 2.40. The van der Waals surface area contributed by atoms with Gasteiger partial charge in [0.25, 0.3) is 0 Å². The number of carboxylic acids is 1. The number of benzene rings is 1. The first-order chi connectivity index (χ1) is 10.6. The number of aliphatic carboxylic acids is 1. The topological polar surface area (TPSA) is 58.4 Å². The summed E-state index contributed by atoms with van der Waals surface area (Å²) in [7, 11) is 0. The summed E-state index contributed by atoms with van der Waals surface area (Å²) in [4.78, 5) is 17.3. The second kappa shape index (κ2) is 6.27. The molecule has 3 rings (SSSR count). The Labute approximate surface area is 128 Å². The molecule has 0 bridgehead atoms. The molecule has 0 radical (unpaired) electrons. The number of hydrogen-bond acceptors (Lipinski definition) is 3. The van der Waals surface area contributed by atoms with Crippen molar-refractivity contribution in [2.45, 2.75) is 25.8 Å². The summed E-state index contributed by atoms with van der Waals surface area (Å²) in [6.07, 6.45) is 3.50. The van der Waals surface area contributed by atoms with Crippen LogP contribution >= 0.6 is 0 Å². The third-order valence-electron chi connectivity index (χ3n) is 3.96. The van der Waals surface area contributed by atoms with Gasteiger partial charge in [0.15, 0.2) is 0 Å². The summed E-state index contributed by atoms with van der Waals surface area (Å²) >= 11 is 0. The monoisotopic (exact) mass is 303 g/mol. The average Bonchev–Trinajstić information content (AvgIpc) is 2.91. The maximum absolute atomic E-state index is 13.0. The van der Waals surface area contributed by atoms with Gasteiger partial charge in [0, 0.05) is 37.3 Å². The molecular weight excluding hydrogens is 285 g/mol. The van der Waals surface area contributed by atoms with Crippen molar-refractivity contribution in [2.24, 2.45) is 0 Å². The van der Waals surface area contributed by atoms with E-state index in [1.165, 1.54) is 12.1 Å². The molecule has 0 unspecified atom stereocenters. The SMILES string of the molecule is O=C(O)CCCN1CCc2c(ncn2-c2ccc(F)cc2)C1. The lowest BCUT2D eigenvalue weighted by Gasteiger charge is -2.26. The molecule has 1 aromatic heterocycles. The van der Waals surface area contributed by atoms with Gasteiger partial charge < -0.3 is 9.67 Å².